The molecular weight excluding hydrogens is 324 g/mol. The van der Waals surface area contributed by atoms with Crippen LogP contribution in [0.2, 0.25) is 0 Å². The van der Waals surface area contributed by atoms with E-state index >= 15 is 0 Å². The first-order valence-electron chi connectivity index (χ1n) is 8.36. The van der Waals surface area contributed by atoms with Crippen molar-refractivity contribution in [1.82, 2.24) is 10.3 Å². The summed E-state index contributed by atoms with van der Waals surface area (Å²) in [7, 11) is 0. The molecule has 2 unspecified atom stereocenters. The van der Waals surface area contributed by atoms with Crippen molar-refractivity contribution >= 4 is 21.9 Å². The standard InChI is InChI=1S/C21H16N4O/c22-10-15(9-14-12-24-19-7-3-1-5-16(14)19)25-20(11-23)18-13-26-21-8-4-2-6-17(18)21/h1-8,12-13,15,20,24-25H,9H2. The zero-order chi connectivity index (χ0) is 17.9. The first-order chi connectivity index (χ1) is 12.8. The molecule has 0 saturated heterocycles. The van der Waals surface area contributed by atoms with Crippen molar-refractivity contribution in [2.24, 2.45) is 0 Å². The van der Waals surface area contributed by atoms with Gasteiger partial charge < -0.3 is 9.40 Å². The normalized spacial score (nSPS) is 13.3. The highest BCUT2D eigenvalue weighted by Gasteiger charge is 2.21. The van der Waals surface area contributed by atoms with Gasteiger partial charge in [0.2, 0.25) is 0 Å². The summed E-state index contributed by atoms with van der Waals surface area (Å²) in [4.78, 5) is 3.22. The van der Waals surface area contributed by atoms with Crippen LogP contribution in [0.3, 0.4) is 0 Å². The highest BCUT2D eigenvalue weighted by atomic mass is 16.3. The molecule has 2 N–H and O–H groups in total. The fourth-order valence-corrected chi connectivity index (χ4v) is 3.28. The Morgan fingerprint density at radius 3 is 2.58 bits per heavy atom. The van der Waals surface area contributed by atoms with E-state index in [9.17, 15) is 10.5 Å². The van der Waals surface area contributed by atoms with E-state index in [1.54, 1.807) is 6.26 Å². The number of benzene rings is 2. The van der Waals surface area contributed by atoms with Gasteiger partial charge in [0, 0.05) is 34.5 Å². The average Bonchev–Trinajstić information content (AvgIpc) is 3.29. The van der Waals surface area contributed by atoms with Gasteiger partial charge in [-0.25, -0.2) is 0 Å². The van der Waals surface area contributed by atoms with Gasteiger partial charge in [0.05, 0.1) is 18.4 Å². The van der Waals surface area contributed by atoms with E-state index in [2.05, 4.69) is 22.4 Å². The Morgan fingerprint density at radius 2 is 1.77 bits per heavy atom. The number of furan rings is 1. The van der Waals surface area contributed by atoms with Crippen LogP contribution in [0.1, 0.15) is 17.2 Å². The van der Waals surface area contributed by atoms with E-state index in [0.717, 1.165) is 33.0 Å². The number of H-pyrrole nitrogens is 1. The number of aromatic nitrogens is 1. The summed E-state index contributed by atoms with van der Waals surface area (Å²) in [5.74, 6) is 0. The zero-order valence-corrected chi connectivity index (χ0v) is 13.9. The Kier molecular flexibility index (Phi) is 4.15. The average molecular weight is 340 g/mol. The van der Waals surface area contributed by atoms with E-state index in [1.807, 2.05) is 54.7 Å². The molecule has 0 spiro atoms. The van der Waals surface area contributed by atoms with Crippen LogP contribution in [-0.4, -0.2) is 11.0 Å². The van der Waals surface area contributed by atoms with E-state index < -0.39 is 12.1 Å². The molecule has 0 aliphatic rings. The molecule has 2 atom stereocenters. The first kappa shape index (κ1) is 16.0. The number of aromatic amines is 1. The lowest BCUT2D eigenvalue weighted by Gasteiger charge is -2.15. The molecule has 0 fully saturated rings. The molecule has 0 aliphatic carbocycles. The monoisotopic (exact) mass is 340 g/mol. The third kappa shape index (κ3) is 2.82. The lowest BCUT2D eigenvalue weighted by molar-refractivity contribution is 0.546. The molecule has 126 valence electrons. The molecule has 4 rings (SSSR count). The second-order valence-electron chi connectivity index (χ2n) is 6.16. The minimum Gasteiger partial charge on any atom is -0.464 e. The van der Waals surface area contributed by atoms with Gasteiger partial charge >= 0.3 is 0 Å². The third-order valence-corrected chi connectivity index (χ3v) is 4.57. The van der Waals surface area contributed by atoms with Crippen LogP contribution in [0.15, 0.2) is 65.4 Å². The summed E-state index contributed by atoms with van der Waals surface area (Å²) in [6, 6.07) is 19.0. The third-order valence-electron chi connectivity index (χ3n) is 4.57. The van der Waals surface area contributed by atoms with Crippen LogP contribution in [0.25, 0.3) is 21.9 Å². The molecule has 4 aromatic rings. The fourth-order valence-electron chi connectivity index (χ4n) is 3.28. The van der Waals surface area contributed by atoms with E-state index in [-0.39, 0.29) is 0 Å². The molecule has 0 bridgehead atoms. The van der Waals surface area contributed by atoms with Crippen LogP contribution in [0.5, 0.6) is 0 Å². The Labute approximate surface area is 150 Å². The Bertz CT molecular complexity index is 1140. The number of hydrogen-bond acceptors (Lipinski definition) is 4. The highest BCUT2D eigenvalue weighted by molar-refractivity contribution is 5.83. The highest BCUT2D eigenvalue weighted by Crippen LogP contribution is 2.27. The molecule has 2 aromatic carbocycles. The molecule has 0 amide bonds. The maximum atomic E-state index is 9.63. The first-order valence-corrected chi connectivity index (χ1v) is 8.36. The summed E-state index contributed by atoms with van der Waals surface area (Å²) >= 11 is 0. The Balaban J connectivity index is 1.59. The minimum absolute atomic E-state index is 0.493. The summed E-state index contributed by atoms with van der Waals surface area (Å²) in [6.45, 7) is 0. The smallest absolute Gasteiger partial charge is 0.134 e. The van der Waals surface area contributed by atoms with Crippen molar-refractivity contribution in [1.29, 1.82) is 10.5 Å². The van der Waals surface area contributed by atoms with E-state index in [1.165, 1.54) is 0 Å². The van der Waals surface area contributed by atoms with Crippen molar-refractivity contribution in [3.05, 3.63) is 72.1 Å². The molecule has 0 radical (unpaired) electrons. The summed E-state index contributed by atoms with van der Waals surface area (Å²) in [6.07, 6.45) is 4.02. The molecule has 2 aromatic heterocycles. The maximum absolute atomic E-state index is 9.63. The molecule has 2 heterocycles. The van der Waals surface area contributed by atoms with Crippen LogP contribution >= 0.6 is 0 Å². The molecule has 5 heteroatoms. The van der Waals surface area contributed by atoms with Crippen molar-refractivity contribution in [3.63, 3.8) is 0 Å². The SMILES string of the molecule is N#CC(Cc1c[nH]c2ccccc12)NC(C#N)c1coc2ccccc12. The van der Waals surface area contributed by atoms with Gasteiger partial charge in [0.25, 0.3) is 0 Å². The molecule has 26 heavy (non-hydrogen) atoms. The van der Waals surface area contributed by atoms with Gasteiger partial charge in [0.15, 0.2) is 0 Å². The number of nitriles is 2. The van der Waals surface area contributed by atoms with Crippen molar-refractivity contribution in [2.45, 2.75) is 18.5 Å². The molecule has 5 nitrogen and oxygen atoms in total. The van der Waals surface area contributed by atoms with Gasteiger partial charge in [-0.1, -0.05) is 36.4 Å². The number of hydrogen-bond donors (Lipinski definition) is 2. The van der Waals surface area contributed by atoms with E-state index in [4.69, 9.17) is 4.42 Å². The molecule has 0 aliphatic heterocycles. The quantitative estimate of drug-likeness (QED) is 0.570. The topological polar surface area (TPSA) is 88.5 Å². The summed E-state index contributed by atoms with van der Waals surface area (Å²) in [5.41, 5.74) is 3.57. The van der Waals surface area contributed by atoms with Crippen molar-refractivity contribution in [3.8, 4) is 12.1 Å². The maximum Gasteiger partial charge on any atom is 0.134 e. The van der Waals surface area contributed by atoms with Crippen molar-refractivity contribution < 1.29 is 4.42 Å². The number of rotatable bonds is 5. The van der Waals surface area contributed by atoms with Gasteiger partial charge in [0.1, 0.15) is 17.7 Å². The number of para-hydroxylation sites is 2. The van der Waals surface area contributed by atoms with Gasteiger partial charge in [-0.05, 0) is 17.7 Å². The van der Waals surface area contributed by atoms with Crippen LogP contribution < -0.4 is 5.32 Å². The number of fused-ring (bicyclic) bond motifs is 2. The van der Waals surface area contributed by atoms with Crippen LogP contribution in [0, 0.1) is 22.7 Å². The van der Waals surface area contributed by atoms with Gasteiger partial charge in [-0.3, -0.25) is 5.32 Å². The largest absolute Gasteiger partial charge is 0.464 e. The van der Waals surface area contributed by atoms with E-state index in [0.29, 0.717) is 6.42 Å². The van der Waals surface area contributed by atoms with Crippen molar-refractivity contribution in [2.75, 3.05) is 0 Å². The number of nitrogens with one attached hydrogen (secondary N) is 2. The van der Waals surface area contributed by atoms with Crippen LogP contribution in [-0.2, 0) is 6.42 Å². The zero-order valence-electron chi connectivity index (χ0n) is 13.9. The lowest BCUT2D eigenvalue weighted by Crippen LogP contribution is -2.32. The van der Waals surface area contributed by atoms with Crippen LogP contribution in [0.4, 0.5) is 0 Å². The summed E-state index contributed by atoms with van der Waals surface area (Å²) in [5, 5.41) is 24.4. The summed E-state index contributed by atoms with van der Waals surface area (Å²) < 4.78 is 5.53. The second-order valence-corrected chi connectivity index (χ2v) is 6.16. The van der Waals surface area contributed by atoms with Gasteiger partial charge in [-0.15, -0.1) is 0 Å². The minimum atomic E-state index is -0.617. The second kappa shape index (κ2) is 6.76. The fraction of sp³-hybridized carbons (Fsp3) is 0.143. The predicted molar refractivity (Wildman–Crippen MR) is 99.1 cm³/mol. The molecule has 0 saturated carbocycles. The molecular formula is C21H16N4O. The number of nitrogens with zero attached hydrogens (tertiary/aromatic N) is 2. The predicted octanol–water partition coefficient (Wildman–Crippen LogP) is 4.20. The Morgan fingerprint density at radius 1 is 1.00 bits per heavy atom. The lowest BCUT2D eigenvalue weighted by atomic mass is 10.0. The Hall–Kier alpha value is -3.54. The van der Waals surface area contributed by atoms with Gasteiger partial charge in [-0.2, -0.15) is 10.5 Å².